The second-order valence-electron chi connectivity index (χ2n) is 5.30. The monoisotopic (exact) mass is 348 g/mol. The quantitative estimate of drug-likeness (QED) is 0.915. The van der Waals surface area contributed by atoms with E-state index in [9.17, 15) is 5.11 Å². The van der Waals surface area contributed by atoms with Crippen molar-refractivity contribution in [2.24, 2.45) is 0 Å². The van der Waals surface area contributed by atoms with Gasteiger partial charge in [-0.25, -0.2) is 0 Å². The van der Waals surface area contributed by atoms with Crippen LogP contribution in [0.5, 0.6) is 11.5 Å². The molecular weight excluding hydrogens is 332 g/mol. The predicted octanol–water partition coefficient (Wildman–Crippen LogP) is 3.86. The molecule has 0 fully saturated rings. The van der Waals surface area contributed by atoms with Crippen LogP contribution in [0.2, 0.25) is 0 Å². The Balaban J connectivity index is 1.90. The molecule has 1 N–H and O–H groups in total. The Morgan fingerprint density at radius 3 is 2.67 bits per heavy atom. The van der Waals surface area contributed by atoms with E-state index in [1.807, 2.05) is 36.4 Å². The van der Waals surface area contributed by atoms with Gasteiger partial charge >= 0.3 is 0 Å². The molecule has 2 atom stereocenters. The van der Waals surface area contributed by atoms with E-state index >= 15 is 0 Å². The fourth-order valence-corrected chi connectivity index (χ4v) is 3.22. The fourth-order valence-electron chi connectivity index (χ4n) is 2.66. The number of benzene rings is 2. The molecular formula is C17H17BrO3. The van der Waals surface area contributed by atoms with Crippen LogP contribution in [0.15, 0.2) is 40.9 Å². The van der Waals surface area contributed by atoms with Gasteiger partial charge in [0.15, 0.2) is 0 Å². The van der Waals surface area contributed by atoms with E-state index in [1.54, 1.807) is 7.11 Å². The van der Waals surface area contributed by atoms with Crippen LogP contribution < -0.4 is 9.47 Å². The van der Waals surface area contributed by atoms with Gasteiger partial charge < -0.3 is 14.6 Å². The fraction of sp³-hybridized carbons (Fsp3) is 0.294. The smallest absolute Gasteiger partial charge is 0.133 e. The summed E-state index contributed by atoms with van der Waals surface area (Å²) in [6.45, 7) is 2.05. The summed E-state index contributed by atoms with van der Waals surface area (Å²) in [5, 5.41) is 10.6. The maximum atomic E-state index is 10.6. The van der Waals surface area contributed by atoms with E-state index in [0.29, 0.717) is 0 Å². The molecule has 110 valence electrons. The molecule has 0 bridgehead atoms. The standard InChI is InChI=1S/C17H17BrO3/c1-10-7-13-8-11(3-5-15(13)21-10)17(19)12-4-6-16(20-2)14(18)9-12/h3-6,8-10,17,19H,7H2,1-2H3. The second kappa shape index (κ2) is 5.70. The minimum atomic E-state index is -0.659. The third kappa shape index (κ3) is 2.78. The molecule has 0 radical (unpaired) electrons. The summed E-state index contributed by atoms with van der Waals surface area (Å²) >= 11 is 3.45. The van der Waals surface area contributed by atoms with Crippen LogP contribution in [0.3, 0.4) is 0 Å². The average molecular weight is 349 g/mol. The third-order valence-electron chi connectivity index (χ3n) is 3.73. The van der Waals surface area contributed by atoms with Crippen molar-refractivity contribution in [1.82, 2.24) is 0 Å². The highest BCUT2D eigenvalue weighted by Crippen LogP contribution is 2.34. The number of ether oxygens (including phenoxy) is 2. The molecule has 21 heavy (non-hydrogen) atoms. The van der Waals surface area contributed by atoms with Gasteiger partial charge in [-0.1, -0.05) is 12.1 Å². The Morgan fingerprint density at radius 2 is 1.95 bits per heavy atom. The first-order valence-electron chi connectivity index (χ1n) is 6.89. The first kappa shape index (κ1) is 14.4. The molecule has 0 aromatic heterocycles. The number of fused-ring (bicyclic) bond motifs is 1. The van der Waals surface area contributed by atoms with Crippen LogP contribution in [0.4, 0.5) is 0 Å². The highest BCUT2D eigenvalue weighted by atomic mass is 79.9. The molecule has 1 heterocycles. The Hall–Kier alpha value is -1.52. The summed E-state index contributed by atoms with van der Waals surface area (Å²) in [5.41, 5.74) is 2.87. The Morgan fingerprint density at radius 1 is 1.24 bits per heavy atom. The zero-order chi connectivity index (χ0) is 15.0. The Labute approximate surface area is 132 Å². The van der Waals surface area contributed by atoms with E-state index in [2.05, 4.69) is 22.9 Å². The van der Waals surface area contributed by atoms with Crippen molar-refractivity contribution in [2.45, 2.75) is 25.6 Å². The van der Waals surface area contributed by atoms with Gasteiger partial charge in [0, 0.05) is 6.42 Å². The number of hydrogen-bond acceptors (Lipinski definition) is 3. The van der Waals surface area contributed by atoms with Crippen LogP contribution in [0, 0.1) is 0 Å². The lowest BCUT2D eigenvalue weighted by molar-refractivity contribution is 0.220. The van der Waals surface area contributed by atoms with Crippen molar-refractivity contribution < 1.29 is 14.6 Å². The van der Waals surface area contributed by atoms with Crippen molar-refractivity contribution in [3.05, 3.63) is 57.6 Å². The SMILES string of the molecule is COc1ccc(C(O)c2ccc3c(c2)CC(C)O3)cc1Br. The molecule has 3 rings (SSSR count). The molecule has 2 unspecified atom stereocenters. The van der Waals surface area contributed by atoms with Gasteiger partial charge in [-0.2, -0.15) is 0 Å². The lowest BCUT2D eigenvalue weighted by Crippen LogP contribution is -2.05. The van der Waals surface area contributed by atoms with Gasteiger partial charge in [0.05, 0.1) is 11.6 Å². The number of methoxy groups -OCH3 is 1. The molecule has 4 heteroatoms. The first-order chi connectivity index (χ1) is 10.1. The lowest BCUT2D eigenvalue weighted by Gasteiger charge is -2.14. The predicted molar refractivity (Wildman–Crippen MR) is 85.0 cm³/mol. The van der Waals surface area contributed by atoms with E-state index in [1.165, 1.54) is 0 Å². The van der Waals surface area contributed by atoms with Crippen molar-refractivity contribution in [2.75, 3.05) is 7.11 Å². The van der Waals surface area contributed by atoms with Crippen LogP contribution >= 0.6 is 15.9 Å². The third-order valence-corrected chi connectivity index (χ3v) is 4.35. The number of hydrogen-bond donors (Lipinski definition) is 1. The van der Waals surface area contributed by atoms with Crippen LogP contribution in [-0.4, -0.2) is 18.3 Å². The molecule has 1 aliphatic heterocycles. The summed E-state index contributed by atoms with van der Waals surface area (Å²) in [5.74, 6) is 1.68. The first-order valence-corrected chi connectivity index (χ1v) is 7.68. The molecule has 0 saturated carbocycles. The van der Waals surface area contributed by atoms with Crippen molar-refractivity contribution in [3.63, 3.8) is 0 Å². The van der Waals surface area contributed by atoms with Crippen molar-refractivity contribution in [1.29, 1.82) is 0 Å². The summed E-state index contributed by atoms with van der Waals surface area (Å²) in [6, 6.07) is 11.5. The molecule has 2 aromatic carbocycles. The molecule has 2 aromatic rings. The van der Waals surface area contributed by atoms with Gasteiger partial charge in [-0.15, -0.1) is 0 Å². The number of halogens is 1. The minimum Gasteiger partial charge on any atom is -0.496 e. The van der Waals surface area contributed by atoms with Crippen LogP contribution in [0.25, 0.3) is 0 Å². The molecule has 1 aliphatic rings. The average Bonchev–Trinajstić information content (AvgIpc) is 2.85. The molecule has 0 saturated heterocycles. The van der Waals surface area contributed by atoms with E-state index in [0.717, 1.165) is 39.1 Å². The Bertz CT molecular complexity index is 669. The highest BCUT2D eigenvalue weighted by Gasteiger charge is 2.21. The maximum absolute atomic E-state index is 10.6. The highest BCUT2D eigenvalue weighted by molar-refractivity contribution is 9.10. The number of aliphatic hydroxyl groups excluding tert-OH is 1. The van der Waals surface area contributed by atoms with Crippen LogP contribution in [-0.2, 0) is 6.42 Å². The van der Waals surface area contributed by atoms with E-state index < -0.39 is 6.10 Å². The van der Waals surface area contributed by atoms with Crippen molar-refractivity contribution in [3.8, 4) is 11.5 Å². The largest absolute Gasteiger partial charge is 0.496 e. The lowest BCUT2D eigenvalue weighted by atomic mass is 9.98. The van der Waals surface area contributed by atoms with Gasteiger partial charge in [-0.3, -0.25) is 0 Å². The van der Waals surface area contributed by atoms with E-state index in [-0.39, 0.29) is 6.10 Å². The summed E-state index contributed by atoms with van der Waals surface area (Å²) in [7, 11) is 1.62. The zero-order valence-corrected chi connectivity index (χ0v) is 13.6. The molecule has 3 nitrogen and oxygen atoms in total. The summed E-state index contributed by atoms with van der Waals surface area (Å²) in [6.07, 6.45) is 0.443. The number of aliphatic hydroxyl groups is 1. The molecule has 0 spiro atoms. The van der Waals surface area contributed by atoms with Gasteiger partial charge in [-0.05, 0) is 63.8 Å². The zero-order valence-electron chi connectivity index (χ0n) is 12.0. The van der Waals surface area contributed by atoms with Gasteiger partial charge in [0.25, 0.3) is 0 Å². The van der Waals surface area contributed by atoms with E-state index in [4.69, 9.17) is 9.47 Å². The minimum absolute atomic E-state index is 0.211. The molecule has 0 amide bonds. The van der Waals surface area contributed by atoms with Crippen molar-refractivity contribution >= 4 is 15.9 Å². The summed E-state index contributed by atoms with van der Waals surface area (Å²) in [4.78, 5) is 0. The topological polar surface area (TPSA) is 38.7 Å². The summed E-state index contributed by atoms with van der Waals surface area (Å²) < 4.78 is 11.7. The van der Waals surface area contributed by atoms with Crippen LogP contribution in [0.1, 0.15) is 29.7 Å². The van der Waals surface area contributed by atoms with Gasteiger partial charge in [0.2, 0.25) is 0 Å². The molecule has 0 aliphatic carbocycles. The number of rotatable bonds is 3. The van der Waals surface area contributed by atoms with Gasteiger partial charge in [0.1, 0.15) is 23.7 Å². The normalized spacial score (nSPS) is 18.0. The maximum Gasteiger partial charge on any atom is 0.133 e. The second-order valence-corrected chi connectivity index (χ2v) is 6.15. The Kier molecular flexibility index (Phi) is 3.91.